The van der Waals surface area contributed by atoms with Gasteiger partial charge < -0.3 is 9.47 Å². The second-order valence-corrected chi connectivity index (χ2v) is 8.34. The first-order valence-electron chi connectivity index (χ1n) is 9.45. The first-order valence-corrected chi connectivity index (χ1v) is 11.0. The number of amides is 1. The Bertz CT molecular complexity index is 1200. The molecule has 0 saturated carbocycles. The van der Waals surface area contributed by atoms with Crippen LogP contribution in [0.25, 0.3) is 0 Å². The van der Waals surface area contributed by atoms with Crippen molar-refractivity contribution in [1.82, 2.24) is 5.43 Å². The van der Waals surface area contributed by atoms with Crippen LogP contribution in [0.15, 0.2) is 65.8 Å². The summed E-state index contributed by atoms with van der Waals surface area (Å²) in [5.74, 6) is -0.436. The maximum Gasteiger partial charge on any atom is 0.345 e. The molecular weight excluding hydrogens is 510 g/mol. The highest BCUT2D eigenvalue weighted by atomic mass is 35.5. The fourth-order valence-electron chi connectivity index (χ4n) is 2.52. The van der Waals surface area contributed by atoms with Crippen molar-refractivity contribution in [3.63, 3.8) is 0 Å². The minimum atomic E-state index is -0.845. The summed E-state index contributed by atoms with van der Waals surface area (Å²) in [5, 5.41) is 5.28. The second-order valence-electron chi connectivity index (χ2n) is 6.65. The van der Waals surface area contributed by atoms with Gasteiger partial charge in [0.25, 0.3) is 5.91 Å². The Kier molecular flexibility index (Phi) is 8.58. The van der Waals surface area contributed by atoms with Crippen LogP contribution in [0.4, 0.5) is 0 Å². The quantitative estimate of drug-likeness (QED) is 0.167. The third-order valence-corrected chi connectivity index (χ3v) is 5.28. The normalized spacial score (nSPS) is 11.8. The molecule has 0 aromatic heterocycles. The van der Waals surface area contributed by atoms with Crippen molar-refractivity contribution in [2.75, 3.05) is 0 Å². The molecule has 1 atom stereocenters. The van der Waals surface area contributed by atoms with Crippen LogP contribution in [-0.2, 0) is 4.79 Å². The first kappa shape index (κ1) is 24.9. The molecule has 170 valence electrons. The molecule has 0 saturated heterocycles. The summed E-state index contributed by atoms with van der Waals surface area (Å²) in [5.41, 5.74) is 3.25. The molecule has 10 heteroatoms. The Balaban J connectivity index is 1.53. The minimum Gasteiger partial charge on any atom is -0.479 e. The summed E-state index contributed by atoms with van der Waals surface area (Å²) in [6.07, 6.45) is 0.587. The van der Waals surface area contributed by atoms with Crippen molar-refractivity contribution in [2.45, 2.75) is 13.0 Å². The highest BCUT2D eigenvalue weighted by Crippen LogP contribution is 2.28. The molecular formula is C23H16Cl4N2O4. The number of ether oxygens (including phenoxy) is 2. The standard InChI is InChI=1S/C23H16Cl4N2O4/c1-13(32-21-9-5-16(25)11-20(21)27)22(30)29-28-12-14-2-6-17(7-3-14)33-23(31)18-8-4-15(24)10-19(18)26/h2-13H,1H3,(H,29,30)/b28-12+. The average Bonchev–Trinajstić information content (AvgIpc) is 2.76. The molecule has 0 aliphatic carbocycles. The summed E-state index contributed by atoms with van der Waals surface area (Å²) < 4.78 is 10.8. The van der Waals surface area contributed by atoms with Gasteiger partial charge in [0.05, 0.1) is 21.8 Å². The van der Waals surface area contributed by atoms with E-state index in [1.807, 2.05) is 0 Å². The summed E-state index contributed by atoms with van der Waals surface area (Å²) in [6.45, 7) is 1.56. The summed E-state index contributed by atoms with van der Waals surface area (Å²) in [7, 11) is 0. The van der Waals surface area contributed by atoms with Crippen LogP contribution >= 0.6 is 46.4 Å². The Hall–Kier alpha value is -2.77. The zero-order valence-corrected chi connectivity index (χ0v) is 20.0. The van der Waals surface area contributed by atoms with E-state index >= 15 is 0 Å². The van der Waals surface area contributed by atoms with Crippen molar-refractivity contribution < 1.29 is 19.1 Å². The Morgan fingerprint density at radius 2 is 1.55 bits per heavy atom. The van der Waals surface area contributed by atoms with Crippen LogP contribution in [0.2, 0.25) is 20.1 Å². The van der Waals surface area contributed by atoms with Gasteiger partial charge >= 0.3 is 5.97 Å². The van der Waals surface area contributed by atoms with Gasteiger partial charge in [0.15, 0.2) is 6.10 Å². The Morgan fingerprint density at radius 1 is 0.909 bits per heavy atom. The van der Waals surface area contributed by atoms with Gasteiger partial charge in [-0.25, -0.2) is 10.2 Å². The third-order valence-electron chi connectivity index (χ3n) is 4.20. The van der Waals surface area contributed by atoms with E-state index in [1.165, 1.54) is 24.4 Å². The number of nitrogens with zero attached hydrogens (tertiary/aromatic N) is 1. The second kappa shape index (κ2) is 11.4. The van der Waals surface area contributed by atoms with Gasteiger partial charge in [-0.15, -0.1) is 0 Å². The highest BCUT2D eigenvalue weighted by Gasteiger charge is 2.16. The van der Waals surface area contributed by atoms with Crippen LogP contribution in [0, 0.1) is 0 Å². The molecule has 1 N–H and O–H groups in total. The largest absolute Gasteiger partial charge is 0.479 e. The van der Waals surface area contributed by atoms with Crippen LogP contribution in [0.3, 0.4) is 0 Å². The molecule has 3 aromatic carbocycles. The number of halogens is 4. The van der Waals surface area contributed by atoms with E-state index in [1.54, 1.807) is 49.4 Å². The van der Waals surface area contributed by atoms with E-state index in [4.69, 9.17) is 55.9 Å². The summed E-state index contributed by atoms with van der Waals surface area (Å²) in [4.78, 5) is 24.4. The monoisotopic (exact) mass is 524 g/mol. The van der Waals surface area contributed by atoms with Gasteiger partial charge in [-0.3, -0.25) is 4.79 Å². The molecule has 0 fully saturated rings. The van der Waals surface area contributed by atoms with Crippen molar-refractivity contribution in [3.05, 3.63) is 91.9 Å². The molecule has 1 unspecified atom stereocenters. The van der Waals surface area contributed by atoms with Crippen molar-refractivity contribution in [2.24, 2.45) is 5.10 Å². The fraction of sp³-hybridized carbons (Fsp3) is 0.0870. The number of esters is 1. The number of hydrazone groups is 1. The van der Waals surface area contributed by atoms with E-state index in [0.717, 1.165) is 0 Å². The number of rotatable bonds is 7. The molecule has 3 aromatic rings. The van der Waals surface area contributed by atoms with E-state index in [2.05, 4.69) is 10.5 Å². The highest BCUT2D eigenvalue weighted by molar-refractivity contribution is 6.36. The lowest BCUT2D eigenvalue weighted by molar-refractivity contribution is -0.127. The van der Waals surface area contributed by atoms with Gasteiger partial charge in [-0.1, -0.05) is 46.4 Å². The topological polar surface area (TPSA) is 77.0 Å². The van der Waals surface area contributed by atoms with Gasteiger partial charge in [0.1, 0.15) is 11.5 Å². The van der Waals surface area contributed by atoms with Gasteiger partial charge in [0, 0.05) is 10.0 Å². The number of hydrogen-bond acceptors (Lipinski definition) is 5. The number of nitrogens with one attached hydrogen (secondary N) is 1. The Labute approximate surface area is 210 Å². The zero-order chi connectivity index (χ0) is 24.0. The molecule has 6 nitrogen and oxygen atoms in total. The third kappa shape index (κ3) is 7.11. The van der Waals surface area contributed by atoms with Crippen molar-refractivity contribution in [1.29, 1.82) is 0 Å². The minimum absolute atomic E-state index is 0.198. The van der Waals surface area contributed by atoms with E-state index in [-0.39, 0.29) is 10.6 Å². The van der Waals surface area contributed by atoms with E-state index < -0.39 is 18.0 Å². The molecule has 33 heavy (non-hydrogen) atoms. The number of benzene rings is 3. The smallest absolute Gasteiger partial charge is 0.345 e. The number of carbonyl (C=O) groups excluding carboxylic acids is 2. The maximum absolute atomic E-state index is 12.3. The van der Waals surface area contributed by atoms with Gasteiger partial charge in [0.2, 0.25) is 0 Å². The predicted octanol–water partition coefficient (Wildman–Crippen LogP) is 6.44. The maximum atomic E-state index is 12.3. The van der Waals surface area contributed by atoms with Gasteiger partial charge in [-0.2, -0.15) is 5.10 Å². The predicted molar refractivity (Wildman–Crippen MR) is 130 cm³/mol. The van der Waals surface area contributed by atoms with Crippen LogP contribution < -0.4 is 14.9 Å². The molecule has 0 spiro atoms. The summed E-state index contributed by atoms with van der Waals surface area (Å²) >= 11 is 23.7. The van der Waals surface area contributed by atoms with Crippen LogP contribution in [-0.4, -0.2) is 24.2 Å². The molecule has 3 rings (SSSR count). The zero-order valence-electron chi connectivity index (χ0n) is 17.0. The molecule has 0 radical (unpaired) electrons. The Morgan fingerprint density at radius 3 is 2.18 bits per heavy atom. The molecule has 0 aliphatic rings. The lowest BCUT2D eigenvalue weighted by Crippen LogP contribution is -2.33. The molecule has 0 heterocycles. The van der Waals surface area contributed by atoms with Crippen LogP contribution in [0.5, 0.6) is 11.5 Å². The lowest BCUT2D eigenvalue weighted by Gasteiger charge is -2.14. The van der Waals surface area contributed by atoms with Crippen molar-refractivity contribution in [3.8, 4) is 11.5 Å². The molecule has 0 bridgehead atoms. The van der Waals surface area contributed by atoms with E-state index in [9.17, 15) is 9.59 Å². The molecule has 1 amide bonds. The van der Waals surface area contributed by atoms with Crippen molar-refractivity contribution >= 4 is 64.5 Å². The average molecular weight is 526 g/mol. The van der Waals surface area contributed by atoms with E-state index in [0.29, 0.717) is 32.1 Å². The number of carbonyl (C=O) groups is 2. The lowest BCUT2D eigenvalue weighted by atomic mass is 10.2. The first-order chi connectivity index (χ1) is 15.7. The van der Waals surface area contributed by atoms with Crippen LogP contribution in [0.1, 0.15) is 22.8 Å². The summed E-state index contributed by atoms with van der Waals surface area (Å²) in [6, 6.07) is 15.7. The van der Waals surface area contributed by atoms with Gasteiger partial charge in [-0.05, 0) is 73.2 Å². The number of hydrogen-bond donors (Lipinski definition) is 1. The SMILES string of the molecule is CC(Oc1ccc(Cl)cc1Cl)C(=O)N/N=C/c1ccc(OC(=O)c2ccc(Cl)cc2Cl)cc1. The fourth-order valence-corrected chi connectivity index (χ4v) is 3.45. The molecule has 0 aliphatic heterocycles.